The highest BCUT2D eigenvalue weighted by Crippen LogP contribution is 2.12. The first-order valence-corrected chi connectivity index (χ1v) is 10.8. The van der Waals surface area contributed by atoms with Crippen molar-refractivity contribution in [3.63, 3.8) is 0 Å². The molecule has 0 heterocycles. The lowest BCUT2D eigenvalue weighted by molar-refractivity contribution is -0.142. The van der Waals surface area contributed by atoms with Crippen molar-refractivity contribution in [1.82, 2.24) is 10.6 Å². The van der Waals surface area contributed by atoms with E-state index in [1.807, 2.05) is 36.4 Å². The molecular formula is C25H32N2O6. The van der Waals surface area contributed by atoms with Gasteiger partial charge in [-0.1, -0.05) is 60.7 Å². The first-order chi connectivity index (χ1) is 15.5. The van der Waals surface area contributed by atoms with Crippen LogP contribution in [0.2, 0.25) is 0 Å². The summed E-state index contributed by atoms with van der Waals surface area (Å²) in [6, 6.07) is 16.2. The summed E-state index contributed by atoms with van der Waals surface area (Å²) in [4.78, 5) is 36.5. The fourth-order valence-corrected chi connectivity index (χ4v) is 3.25. The van der Waals surface area contributed by atoms with Crippen LogP contribution in [0.4, 0.5) is 4.79 Å². The molecule has 2 aromatic rings. The number of aliphatic hydroxyl groups is 1. The van der Waals surface area contributed by atoms with Crippen molar-refractivity contribution in [2.24, 2.45) is 0 Å². The molecule has 2 rings (SSSR count). The SMILES string of the molecule is CC(C)(C)OC(=O)N[C@@H](Cc1ccccc1)[C@@H](O)CC(=O)N[C@@H](Cc1ccccc1)C(=O)O. The molecular weight excluding hydrogens is 424 g/mol. The second kappa shape index (κ2) is 12.0. The van der Waals surface area contributed by atoms with E-state index in [1.54, 1.807) is 45.0 Å². The number of alkyl carbamates (subject to hydrolysis) is 1. The molecule has 0 saturated heterocycles. The van der Waals surface area contributed by atoms with Crippen LogP contribution in [0.1, 0.15) is 38.3 Å². The van der Waals surface area contributed by atoms with E-state index in [2.05, 4.69) is 10.6 Å². The van der Waals surface area contributed by atoms with Crippen LogP contribution in [0.5, 0.6) is 0 Å². The smallest absolute Gasteiger partial charge is 0.407 e. The lowest BCUT2D eigenvalue weighted by Crippen LogP contribution is -2.49. The van der Waals surface area contributed by atoms with Crippen LogP contribution in [0.3, 0.4) is 0 Å². The number of hydrogen-bond acceptors (Lipinski definition) is 5. The normalized spacial score (nSPS) is 13.9. The fraction of sp³-hybridized carbons (Fsp3) is 0.400. The summed E-state index contributed by atoms with van der Waals surface area (Å²) in [5.41, 5.74) is 0.889. The number of carbonyl (C=O) groups is 3. The third-order valence-electron chi connectivity index (χ3n) is 4.78. The first-order valence-electron chi connectivity index (χ1n) is 10.8. The van der Waals surface area contributed by atoms with Gasteiger partial charge in [0.15, 0.2) is 0 Å². The van der Waals surface area contributed by atoms with E-state index < -0.39 is 41.8 Å². The first kappa shape index (κ1) is 25.9. The number of amides is 2. The molecule has 0 unspecified atom stereocenters. The maximum atomic E-state index is 12.6. The van der Waals surface area contributed by atoms with E-state index in [0.717, 1.165) is 11.1 Å². The van der Waals surface area contributed by atoms with Crippen LogP contribution in [0, 0.1) is 0 Å². The quantitative estimate of drug-likeness (QED) is 0.436. The zero-order valence-corrected chi connectivity index (χ0v) is 19.2. The van der Waals surface area contributed by atoms with Crippen molar-refractivity contribution >= 4 is 18.0 Å². The zero-order valence-electron chi connectivity index (χ0n) is 19.2. The van der Waals surface area contributed by atoms with Crippen LogP contribution in [-0.2, 0) is 27.2 Å². The molecule has 3 atom stereocenters. The summed E-state index contributed by atoms with van der Waals surface area (Å²) >= 11 is 0. The molecule has 0 saturated carbocycles. The van der Waals surface area contributed by atoms with Crippen LogP contribution in [0.25, 0.3) is 0 Å². The highest BCUT2D eigenvalue weighted by atomic mass is 16.6. The Morgan fingerprint density at radius 1 is 0.879 bits per heavy atom. The van der Waals surface area contributed by atoms with Crippen LogP contribution in [-0.4, -0.2) is 52.0 Å². The minimum Gasteiger partial charge on any atom is -0.480 e. The maximum Gasteiger partial charge on any atom is 0.407 e. The molecule has 0 aliphatic carbocycles. The Hall–Kier alpha value is -3.39. The molecule has 0 aliphatic heterocycles. The Kier molecular flexibility index (Phi) is 9.42. The van der Waals surface area contributed by atoms with Gasteiger partial charge in [-0.15, -0.1) is 0 Å². The van der Waals surface area contributed by atoms with Gasteiger partial charge in [-0.05, 0) is 38.3 Å². The number of benzene rings is 2. The highest BCUT2D eigenvalue weighted by molar-refractivity contribution is 5.84. The van der Waals surface area contributed by atoms with Gasteiger partial charge in [0.25, 0.3) is 0 Å². The third kappa shape index (κ3) is 9.74. The van der Waals surface area contributed by atoms with Crippen LogP contribution in [0.15, 0.2) is 60.7 Å². The molecule has 8 heteroatoms. The predicted octanol–water partition coefficient (Wildman–Crippen LogP) is 2.69. The Labute approximate surface area is 194 Å². The second-order valence-electron chi connectivity index (χ2n) is 8.86. The molecule has 0 aromatic heterocycles. The molecule has 2 aromatic carbocycles. The summed E-state index contributed by atoms with van der Waals surface area (Å²) in [6.45, 7) is 5.17. The predicted molar refractivity (Wildman–Crippen MR) is 124 cm³/mol. The van der Waals surface area contributed by atoms with Crippen molar-refractivity contribution in [3.05, 3.63) is 71.8 Å². The Morgan fingerprint density at radius 2 is 1.39 bits per heavy atom. The van der Waals surface area contributed by atoms with Crippen LogP contribution >= 0.6 is 0 Å². The topological polar surface area (TPSA) is 125 Å². The number of ether oxygens (including phenoxy) is 1. The van der Waals surface area contributed by atoms with E-state index in [-0.39, 0.29) is 19.3 Å². The Morgan fingerprint density at radius 3 is 1.88 bits per heavy atom. The Bertz CT molecular complexity index is 911. The molecule has 8 nitrogen and oxygen atoms in total. The summed E-state index contributed by atoms with van der Waals surface area (Å²) < 4.78 is 5.28. The maximum absolute atomic E-state index is 12.6. The van der Waals surface area contributed by atoms with E-state index in [4.69, 9.17) is 4.74 Å². The van der Waals surface area contributed by atoms with Crippen molar-refractivity contribution < 1.29 is 29.3 Å². The zero-order chi connectivity index (χ0) is 24.4. The van der Waals surface area contributed by atoms with Crippen molar-refractivity contribution in [3.8, 4) is 0 Å². The summed E-state index contributed by atoms with van der Waals surface area (Å²) in [5.74, 6) is -1.80. The van der Waals surface area contributed by atoms with E-state index >= 15 is 0 Å². The Balaban J connectivity index is 2.05. The lowest BCUT2D eigenvalue weighted by atomic mass is 9.98. The number of carbonyl (C=O) groups excluding carboxylic acids is 2. The van der Waals surface area contributed by atoms with Gasteiger partial charge in [0.05, 0.1) is 18.6 Å². The monoisotopic (exact) mass is 456 g/mol. The van der Waals surface area contributed by atoms with Gasteiger partial charge in [0.2, 0.25) is 5.91 Å². The average molecular weight is 457 g/mol. The number of carboxylic acid groups (broad SMARTS) is 1. The molecule has 4 N–H and O–H groups in total. The van der Waals surface area contributed by atoms with Crippen LogP contribution < -0.4 is 10.6 Å². The number of nitrogens with one attached hydrogen (secondary N) is 2. The molecule has 178 valence electrons. The van der Waals surface area contributed by atoms with E-state index in [0.29, 0.717) is 0 Å². The van der Waals surface area contributed by atoms with Gasteiger partial charge in [-0.2, -0.15) is 0 Å². The lowest BCUT2D eigenvalue weighted by Gasteiger charge is -2.27. The van der Waals surface area contributed by atoms with Crippen molar-refractivity contribution in [1.29, 1.82) is 0 Å². The molecule has 0 radical (unpaired) electrons. The minimum atomic E-state index is -1.26. The number of rotatable bonds is 10. The van der Waals surface area contributed by atoms with Crippen molar-refractivity contribution in [2.45, 2.75) is 63.8 Å². The van der Waals surface area contributed by atoms with E-state index in [9.17, 15) is 24.6 Å². The van der Waals surface area contributed by atoms with Gasteiger partial charge in [-0.25, -0.2) is 9.59 Å². The molecule has 0 fully saturated rings. The molecule has 0 spiro atoms. The standard InChI is InChI=1S/C25H32N2O6/c1-25(2,3)33-24(32)27-19(14-17-10-6-4-7-11-17)21(28)16-22(29)26-20(23(30)31)15-18-12-8-5-9-13-18/h4-13,19-21,28H,14-16H2,1-3H3,(H,26,29)(H,27,32)(H,30,31)/t19-,20-,21-/m0/s1. The number of aliphatic carboxylic acids is 1. The molecule has 33 heavy (non-hydrogen) atoms. The average Bonchev–Trinajstić information content (AvgIpc) is 2.73. The summed E-state index contributed by atoms with van der Waals surface area (Å²) in [7, 11) is 0. The van der Waals surface area contributed by atoms with Gasteiger partial charge in [0.1, 0.15) is 11.6 Å². The largest absolute Gasteiger partial charge is 0.480 e. The summed E-state index contributed by atoms with van der Waals surface area (Å²) in [6.07, 6.45) is -1.98. The molecule has 2 amide bonds. The molecule has 0 aliphatic rings. The number of carboxylic acids is 1. The third-order valence-corrected chi connectivity index (χ3v) is 4.78. The van der Waals surface area contributed by atoms with Gasteiger partial charge >= 0.3 is 12.1 Å². The van der Waals surface area contributed by atoms with Gasteiger partial charge in [0, 0.05) is 6.42 Å². The number of aliphatic hydroxyl groups excluding tert-OH is 1. The van der Waals surface area contributed by atoms with E-state index in [1.165, 1.54) is 0 Å². The summed E-state index contributed by atoms with van der Waals surface area (Å²) in [5, 5.41) is 25.3. The fourth-order valence-electron chi connectivity index (χ4n) is 3.25. The minimum absolute atomic E-state index is 0.113. The van der Waals surface area contributed by atoms with Gasteiger partial charge in [-0.3, -0.25) is 4.79 Å². The van der Waals surface area contributed by atoms with Gasteiger partial charge < -0.3 is 25.6 Å². The van der Waals surface area contributed by atoms with Crippen molar-refractivity contribution in [2.75, 3.05) is 0 Å². The molecule has 0 bridgehead atoms. The highest BCUT2D eigenvalue weighted by Gasteiger charge is 2.28. The number of hydrogen-bond donors (Lipinski definition) is 4. The second-order valence-corrected chi connectivity index (χ2v) is 8.86.